The highest BCUT2D eigenvalue weighted by Crippen LogP contribution is 2.19. The Labute approximate surface area is 84.4 Å². The van der Waals surface area contributed by atoms with Gasteiger partial charge < -0.3 is 4.74 Å². The van der Waals surface area contributed by atoms with E-state index in [4.69, 9.17) is 10.00 Å². The van der Waals surface area contributed by atoms with Crippen LogP contribution < -0.4 is 4.74 Å². The Morgan fingerprint density at radius 2 is 2.29 bits per heavy atom. The quantitative estimate of drug-likeness (QED) is 0.682. The number of aryl methyl sites for hydroxylation is 1. The monoisotopic (exact) mass is 187 g/mol. The molecule has 14 heavy (non-hydrogen) atoms. The second kappa shape index (κ2) is 5.08. The summed E-state index contributed by atoms with van der Waals surface area (Å²) in [6.45, 7) is 4.42. The molecule has 0 aliphatic heterocycles. The first-order valence-electron chi connectivity index (χ1n) is 4.52. The van der Waals surface area contributed by atoms with Crippen molar-refractivity contribution in [2.75, 3.05) is 6.61 Å². The maximum absolute atomic E-state index is 8.82. The Bertz CT molecular complexity index is 374. The Morgan fingerprint density at radius 1 is 1.50 bits per heavy atom. The smallest absolute Gasteiger partial charge is 0.137 e. The zero-order valence-electron chi connectivity index (χ0n) is 8.45. The van der Waals surface area contributed by atoms with Crippen LogP contribution in [0.1, 0.15) is 18.1 Å². The van der Waals surface area contributed by atoms with Gasteiger partial charge in [0.25, 0.3) is 0 Å². The summed E-state index contributed by atoms with van der Waals surface area (Å²) in [4.78, 5) is 0. The second-order valence-electron chi connectivity index (χ2n) is 2.99. The van der Waals surface area contributed by atoms with Crippen LogP contribution in [0.2, 0.25) is 0 Å². The summed E-state index contributed by atoms with van der Waals surface area (Å²) >= 11 is 0. The molecule has 0 saturated heterocycles. The predicted octanol–water partition coefficient (Wildman–Crippen LogP) is 2.82. The van der Waals surface area contributed by atoms with Crippen LogP contribution in [-0.2, 0) is 0 Å². The number of allylic oxidation sites excluding steroid dienone is 1. The topological polar surface area (TPSA) is 33.0 Å². The molecule has 0 aliphatic carbocycles. The van der Waals surface area contributed by atoms with E-state index in [1.165, 1.54) is 0 Å². The minimum atomic E-state index is 0.509. The molecule has 0 N–H and O–H groups in total. The van der Waals surface area contributed by atoms with Gasteiger partial charge >= 0.3 is 0 Å². The van der Waals surface area contributed by atoms with Crippen LogP contribution in [0, 0.1) is 18.3 Å². The average molecular weight is 187 g/mol. The van der Waals surface area contributed by atoms with E-state index in [-0.39, 0.29) is 0 Å². The van der Waals surface area contributed by atoms with Crippen LogP contribution in [0.3, 0.4) is 0 Å². The summed E-state index contributed by atoms with van der Waals surface area (Å²) in [5, 5.41) is 8.82. The fourth-order valence-electron chi connectivity index (χ4n) is 1.08. The summed E-state index contributed by atoms with van der Waals surface area (Å²) in [6.07, 6.45) is 3.82. The van der Waals surface area contributed by atoms with E-state index in [0.717, 1.165) is 5.56 Å². The molecule has 1 aromatic carbocycles. The molecule has 2 heteroatoms. The Morgan fingerprint density at radius 3 is 2.93 bits per heavy atom. The predicted molar refractivity (Wildman–Crippen MR) is 56.2 cm³/mol. The van der Waals surface area contributed by atoms with E-state index in [9.17, 15) is 0 Å². The van der Waals surface area contributed by atoms with Gasteiger partial charge in [0.05, 0.1) is 5.56 Å². The van der Waals surface area contributed by atoms with Gasteiger partial charge in [-0.3, -0.25) is 0 Å². The van der Waals surface area contributed by atoms with Crippen molar-refractivity contribution in [2.45, 2.75) is 13.8 Å². The first-order chi connectivity index (χ1) is 6.77. The standard InChI is InChI=1S/C12H13NO/c1-3-4-7-14-12-8-10(2)5-6-11(12)9-13/h3-6,8H,7H2,1-2H3. The summed E-state index contributed by atoms with van der Waals surface area (Å²) in [5.41, 5.74) is 1.68. The third kappa shape index (κ3) is 2.63. The SMILES string of the molecule is CC=CCOc1cc(C)ccc1C#N. The summed E-state index contributed by atoms with van der Waals surface area (Å²) in [5.74, 6) is 0.658. The highest BCUT2D eigenvalue weighted by atomic mass is 16.5. The van der Waals surface area contributed by atoms with Crippen LogP contribution in [0.5, 0.6) is 5.75 Å². The van der Waals surface area contributed by atoms with Crippen LogP contribution >= 0.6 is 0 Å². The molecule has 0 bridgehead atoms. The largest absolute Gasteiger partial charge is 0.488 e. The van der Waals surface area contributed by atoms with Gasteiger partial charge in [-0.1, -0.05) is 18.2 Å². The van der Waals surface area contributed by atoms with Crippen molar-refractivity contribution in [2.24, 2.45) is 0 Å². The molecule has 0 fully saturated rings. The van der Waals surface area contributed by atoms with Crippen LogP contribution in [0.25, 0.3) is 0 Å². The first-order valence-corrected chi connectivity index (χ1v) is 4.52. The Kier molecular flexibility index (Phi) is 3.75. The number of hydrogen-bond donors (Lipinski definition) is 0. The molecule has 0 spiro atoms. The highest BCUT2D eigenvalue weighted by molar-refractivity contribution is 5.45. The maximum Gasteiger partial charge on any atom is 0.137 e. The Balaban J connectivity index is 2.83. The van der Waals surface area contributed by atoms with Crippen LogP contribution in [0.15, 0.2) is 30.4 Å². The van der Waals surface area contributed by atoms with E-state index >= 15 is 0 Å². The molecule has 0 radical (unpaired) electrons. The van der Waals surface area contributed by atoms with E-state index in [1.807, 2.05) is 38.1 Å². The van der Waals surface area contributed by atoms with Crippen molar-refractivity contribution >= 4 is 0 Å². The summed E-state index contributed by atoms with van der Waals surface area (Å²) < 4.78 is 5.44. The Hall–Kier alpha value is -1.75. The molecule has 0 amide bonds. The number of benzene rings is 1. The molecule has 72 valence electrons. The van der Waals surface area contributed by atoms with E-state index in [2.05, 4.69) is 6.07 Å². The summed E-state index contributed by atoms with van der Waals surface area (Å²) in [7, 11) is 0. The number of nitriles is 1. The van der Waals surface area contributed by atoms with Gasteiger partial charge in [0.1, 0.15) is 18.4 Å². The minimum absolute atomic E-state index is 0.509. The third-order valence-electron chi connectivity index (χ3n) is 1.83. The van der Waals surface area contributed by atoms with Crippen LogP contribution in [0.4, 0.5) is 0 Å². The van der Waals surface area contributed by atoms with Gasteiger partial charge in [-0.2, -0.15) is 5.26 Å². The lowest BCUT2D eigenvalue weighted by Crippen LogP contribution is -1.96. The summed E-state index contributed by atoms with van der Waals surface area (Å²) in [6, 6.07) is 7.66. The zero-order chi connectivity index (χ0) is 10.4. The van der Waals surface area contributed by atoms with Gasteiger partial charge in [-0.15, -0.1) is 0 Å². The number of ether oxygens (including phenoxy) is 1. The van der Waals surface area contributed by atoms with Gasteiger partial charge in [0.2, 0.25) is 0 Å². The van der Waals surface area contributed by atoms with Crippen molar-refractivity contribution in [3.8, 4) is 11.8 Å². The second-order valence-corrected chi connectivity index (χ2v) is 2.99. The number of nitrogens with zero attached hydrogens (tertiary/aromatic N) is 1. The minimum Gasteiger partial charge on any atom is -0.488 e. The molecule has 0 atom stereocenters. The van der Waals surface area contributed by atoms with Crippen molar-refractivity contribution in [1.82, 2.24) is 0 Å². The molecule has 1 rings (SSSR count). The van der Waals surface area contributed by atoms with Crippen molar-refractivity contribution in [3.63, 3.8) is 0 Å². The van der Waals surface area contributed by atoms with Crippen LogP contribution in [-0.4, -0.2) is 6.61 Å². The molecule has 0 aliphatic rings. The first kappa shape index (κ1) is 10.3. The van der Waals surface area contributed by atoms with E-state index < -0.39 is 0 Å². The molecule has 2 nitrogen and oxygen atoms in total. The van der Waals surface area contributed by atoms with E-state index in [0.29, 0.717) is 17.9 Å². The zero-order valence-corrected chi connectivity index (χ0v) is 8.45. The average Bonchev–Trinajstić information content (AvgIpc) is 2.19. The molecule has 1 aromatic rings. The fraction of sp³-hybridized carbons (Fsp3) is 0.250. The normalized spacial score (nSPS) is 10.1. The highest BCUT2D eigenvalue weighted by Gasteiger charge is 2.01. The lowest BCUT2D eigenvalue weighted by molar-refractivity contribution is 0.361. The van der Waals surface area contributed by atoms with Crippen molar-refractivity contribution in [1.29, 1.82) is 5.26 Å². The molecule has 0 heterocycles. The number of hydrogen-bond acceptors (Lipinski definition) is 2. The fourth-order valence-corrected chi connectivity index (χ4v) is 1.08. The lowest BCUT2D eigenvalue weighted by atomic mass is 10.1. The number of rotatable bonds is 3. The van der Waals surface area contributed by atoms with E-state index in [1.54, 1.807) is 6.07 Å². The molecule has 0 unspecified atom stereocenters. The molecular formula is C12H13NO. The molecular weight excluding hydrogens is 174 g/mol. The van der Waals surface area contributed by atoms with Gasteiger partial charge in [-0.25, -0.2) is 0 Å². The molecule has 0 saturated carbocycles. The third-order valence-corrected chi connectivity index (χ3v) is 1.83. The maximum atomic E-state index is 8.82. The van der Waals surface area contributed by atoms with Crippen molar-refractivity contribution < 1.29 is 4.74 Å². The molecule has 0 aromatic heterocycles. The van der Waals surface area contributed by atoms with Gasteiger partial charge in [0, 0.05) is 0 Å². The van der Waals surface area contributed by atoms with Crippen molar-refractivity contribution in [3.05, 3.63) is 41.5 Å². The van der Waals surface area contributed by atoms with Gasteiger partial charge in [-0.05, 0) is 31.5 Å². The lowest BCUT2D eigenvalue weighted by Gasteiger charge is -2.05. The van der Waals surface area contributed by atoms with Gasteiger partial charge in [0.15, 0.2) is 0 Å².